The summed E-state index contributed by atoms with van der Waals surface area (Å²) in [5, 5.41) is 5.13. The molecule has 11 heteroatoms. The number of hydrogen-bond donors (Lipinski definition) is 2. The summed E-state index contributed by atoms with van der Waals surface area (Å²) in [4.78, 5) is 24.1. The minimum atomic E-state index is -4.77. The van der Waals surface area contributed by atoms with Crippen LogP contribution in [0, 0.1) is 0 Å². The highest BCUT2D eigenvalue weighted by Crippen LogP contribution is 2.25. The third kappa shape index (κ3) is 5.90. The molecule has 1 aromatic carbocycles. The fraction of sp³-hybridized carbons (Fsp3) is 0.312. The molecule has 27 heavy (non-hydrogen) atoms. The number of rotatable bonds is 5. The molecule has 2 amide bonds. The Balaban J connectivity index is 2.07. The number of halogens is 3. The first-order chi connectivity index (χ1) is 12.5. The van der Waals surface area contributed by atoms with E-state index in [1.807, 2.05) is 0 Å². The average Bonchev–Trinajstić information content (AvgIpc) is 2.55. The number of hydrogen-bond acceptors (Lipinski definition) is 6. The Hall–Kier alpha value is -3.24. The van der Waals surface area contributed by atoms with Crippen molar-refractivity contribution in [1.29, 1.82) is 0 Å². The van der Waals surface area contributed by atoms with Crippen LogP contribution in [0.5, 0.6) is 5.75 Å². The first-order valence-electron chi connectivity index (χ1n) is 7.70. The van der Waals surface area contributed by atoms with Gasteiger partial charge < -0.3 is 25.2 Å². The topological polar surface area (TPSA) is 82.6 Å². The van der Waals surface area contributed by atoms with Gasteiger partial charge in [-0.25, -0.2) is 9.78 Å². The van der Waals surface area contributed by atoms with Crippen LogP contribution in [0.15, 0.2) is 30.5 Å². The van der Waals surface area contributed by atoms with Gasteiger partial charge in [0.15, 0.2) is 5.82 Å². The van der Waals surface area contributed by atoms with Crippen molar-refractivity contribution in [2.24, 2.45) is 0 Å². The van der Waals surface area contributed by atoms with E-state index in [0.29, 0.717) is 23.1 Å². The van der Waals surface area contributed by atoms with Crippen LogP contribution in [0.25, 0.3) is 0 Å². The van der Waals surface area contributed by atoms with Gasteiger partial charge in [0.2, 0.25) is 5.95 Å². The Labute approximate surface area is 154 Å². The van der Waals surface area contributed by atoms with Crippen molar-refractivity contribution in [2.45, 2.75) is 6.36 Å². The fourth-order valence-electron chi connectivity index (χ4n) is 2.03. The lowest BCUT2D eigenvalue weighted by Gasteiger charge is -2.19. The predicted molar refractivity (Wildman–Crippen MR) is 96.5 cm³/mol. The largest absolute Gasteiger partial charge is 0.573 e. The van der Waals surface area contributed by atoms with Crippen molar-refractivity contribution in [2.75, 3.05) is 48.6 Å². The van der Waals surface area contributed by atoms with Gasteiger partial charge in [0, 0.05) is 33.9 Å². The highest BCUT2D eigenvalue weighted by atomic mass is 19.4. The second kappa shape index (κ2) is 7.98. The molecular formula is C16H19F3N6O2. The highest BCUT2D eigenvalue weighted by molar-refractivity contribution is 6.01. The number of nitrogens with one attached hydrogen (secondary N) is 2. The van der Waals surface area contributed by atoms with Crippen molar-refractivity contribution in [3.05, 3.63) is 30.5 Å². The molecule has 0 fully saturated rings. The number of nitrogens with zero attached hydrogens (tertiary/aromatic N) is 4. The molecule has 0 aliphatic rings. The van der Waals surface area contributed by atoms with Crippen molar-refractivity contribution >= 4 is 29.2 Å². The Morgan fingerprint density at radius 1 is 1.04 bits per heavy atom. The quantitative estimate of drug-likeness (QED) is 0.824. The molecule has 2 aromatic rings. The van der Waals surface area contributed by atoms with E-state index in [4.69, 9.17) is 0 Å². The van der Waals surface area contributed by atoms with Crippen LogP contribution in [-0.2, 0) is 0 Å². The molecule has 0 radical (unpaired) electrons. The van der Waals surface area contributed by atoms with E-state index in [9.17, 15) is 18.0 Å². The number of amides is 2. The SMILES string of the molecule is CN(C)c1ncc(NC(=O)Nc2ccc(OC(F)(F)F)cc2)c(N(C)C)n1. The molecule has 2 rings (SSSR count). The first kappa shape index (κ1) is 20.1. The maximum Gasteiger partial charge on any atom is 0.573 e. The molecule has 8 nitrogen and oxygen atoms in total. The van der Waals surface area contributed by atoms with E-state index < -0.39 is 12.4 Å². The van der Waals surface area contributed by atoms with Gasteiger partial charge in [0.1, 0.15) is 11.4 Å². The minimum absolute atomic E-state index is 0.291. The first-order valence-corrected chi connectivity index (χ1v) is 7.70. The number of urea groups is 1. The monoisotopic (exact) mass is 384 g/mol. The molecule has 0 saturated carbocycles. The lowest BCUT2D eigenvalue weighted by atomic mass is 10.3. The van der Waals surface area contributed by atoms with Gasteiger partial charge >= 0.3 is 12.4 Å². The lowest BCUT2D eigenvalue weighted by molar-refractivity contribution is -0.274. The summed E-state index contributed by atoms with van der Waals surface area (Å²) in [6.07, 6.45) is -3.30. The molecule has 0 unspecified atom stereocenters. The van der Waals surface area contributed by atoms with Crippen LogP contribution < -0.4 is 25.2 Å². The van der Waals surface area contributed by atoms with Gasteiger partial charge in [-0.05, 0) is 24.3 Å². The van der Waals surface area contributed by atoms with Crippen LogP contribution in [0.1, 0.15) is 0 Å². The summed E-state index contributed by atoms with van der Waals surface area (Å²) in [5.74, 6) is 0.596. The van der Waals surface area contributed by atoms with Gasteiger partial charge in [0.05, 0.1) is 6.20 Å². The summed E-state index contributed by atoms with van der Waals surface area (Å²) in [6, 6.07) is 4.19. The van der Waals surface area contributed by atoms with Gasteiger partial charge in [-0.3, -0.25) is 0 Å². The smallest absolute Gasteiger partial charge is 0.406 e. The van der Waals surface area contributed by atoms with E-state index in [1.165, 1.54) is 18.3 Å². The van der Waals surface area contributed by atoms with E-state index in [-0.39, 0.29) is 5.75 Å². The molecule has 0 aliphatic carbocycles. The van der Waals surface area contributed by atoms with Crippen LogP contribution in [-0.4, -0.2) is 50.6 Å². The standard InChI is InChI=1S/C16H19F3N6O2/c1-24(2)13-12(9-20-14(23-13)25(3)4)22-15(26)21-10-5-7-11(8-6-10)27-16(17,18)19/h5-9H,1-4H3,(H2,21,22,26). The third-order valence-electron chi connectivity index (χ3n) is 3.17. The van der Waals surface area contributed by atoms with E-state index in [1.54, 1.807) is 38.0 Å². The Morgan fingerprint density at radius 3 is 2.19 bits per heavy atom. The zero-order valence-electron chi connectivity index (χ0n) is 15.1. The third-order valence-corrected chi connectivity index (χ3v) is 3.17. The zero-order valence-corrected chi connectivity index (χ0v) is 15.1. The molecule has 0 aliphatic heterocycles. The van der Waals surface area contributed by atoms with Crippen LogP contribution >= 0.6 is 0 Å². The normalized spacial score (nSPS) is 10.9. The second-order valence-electron chi connectivity index (χ2n) is 5.85. The number of alkyl halides is 3. The second-order valence-corrected chi connectivity index (χ2v) is 5.85. The maximum absolute atomic E-state index is 12.2. The van der Waals surface area contributed by atoms with Gasteiger partial charge in [-0.15, -0.1) is 13.2 Å². The Morgan fingerprint density at radius 2 is 1.67 bits per heavy atom. The van der Waals surface area contributed by atoms with Crippen molar-refractivity contribution in [3.8, 4) is 5.75 Å². The van der Waals surface area contributed by atoms with Crippen molar-refractivity contribution in [1.82, 2.24) is 9.97 Å². The Bertz CT molecular complexity index is 794. The zero-order chi connectivity index (χ0) is 20.2. The molecule has 1 heterocycles. The molecule has 0 atom stereocenters. The average molecular weight is 384 g/mol. The maximum atomic E-state index is 12.2. The van der Waals surface area contributed by atoms with Crippen LogP contribution in [0.4, 0.5) is 41.1 Å². The number of ether oxygens (including phenoxy) is 1. The van der Waals surface area contributed by atoms with Gasteiger partial charge in [0.25, 0.3) is 0 Å². The summed E-state index contributed by atoms with van der Waals surface area (Å²) in [6.45, 7) is 0. The molecule has 146 valence electrons. The molecular weight excluding hydrogens is 365 g/mol. The predicted octanol–water partition coefficient (Wildman–Crippen LogP) is 3.15. The fourth-order valence-corrected chi connectivity index (χ4v) is 2.03. The number of anilines is 4. The number of carbonyl (C=O) groups is 1. The van der Waals surface area contributed by atoms with Crippen LogP contribution in [0.3, 0.4) is 0 Å². The number of aromatic nitrogens is 2. The van der Waals surface area contributed by atoms with E-state index in [0.717, 1.165) is 12.1 Å². The summed E-state index contributed by atoms with van der Waals surface area (Å²) in [7, 11) is 7.12. The molecule has 0 saturated heterocycles. The summed E-state index contributed by atoms with van der Waals surface area (Å²) in [5.41, 5.74) is 0.666. The van der Waals surface area contributed by atoms with E-state index >= 15 is 0 Å². The molecule has 2 N–H and O–H groups in total. The van der Waals surface area contributed by atoms with E-state index in [2.05, 4.69) is 25.3 Å². The number of benzene rings is 1. The van der Waals surface area contributed by atoms with Gasteiger partial charge in [-0.1, -0.05) is 0 Å². The lowest BCUT2D eigenvalue weighted by Crippen LogP contribution is -2.23. The minimum Gasteiger partial charge on any atom is -0.406 e. The highest BCUT2D eigenvalue weighted by Gasteiger charge is 2.30. The number of carbonyl (C=O) groups excluding carboxylic acids is 1. The van der Waals surface area contributed by atoms with Crippen molar-refractivity contribution < 1.29 is 22.7 Å². The summed E-state index contributed by atoms with van der Waals surface area (Å²) >= 11 is 0. The van der Waals surface area contributed by atoms with Crippen LogP contribution in [0.2, 0.25) is 0 Å². The summed E-state index contributed by atoms with van der Waals surface area (Å²) < 4.78 is 40.2. The molecule has 0 bridgehead atoms. The molecule has 1 aromatic heterocycles. The van der Waals surface area contributed by atoms with Crippen molar-refractivity contribution in [3.63, 3.8) is 0 Å². The Kier molecular flexibility index (Phi) is 5.93. The molecule has 0 spiro atoms. The van der Waals surface area contributed by atoms with Gasteiger partial charge in [-0.2, -0.15) is 4.98 Å².